The number of amides is 1. The molecule has 0 aliphatic heterocycles. The Balaban J connectivity index is 2.23. The van der Waals surface area contributed by atoms with Gasteiger partial charge in [0.1, 0.15) is 0 Å². The van der Waals surface area contributed by atoms with Crippen LogP contribution in [0.25, 0.3) is 0 Å². The van der Waals surface area contributed by atoms with Crippen molar-refractivity contribution < 1.29 is 4.79 Å². The summed E-state index contributed by atoms with van der Waals surface area (Å²) in [4.78, 5) is 13.4. The van der Waals surface area contributed by atoms with Crippen molar-refractivity contribution in [3.63, 3.8) is 0 Å². The third-order valence-electron chi connectivity index (χ3n) is 3.57. The van der Waals surface area contributed by atoms with Crippen LogP contribution in [-0.2, 0) is 11.3 Å². The van der Waals surface area contributed by atoms with Crippen molar-refractivity contribution in [1.82, 2.24) is 0 Å². The summed E-state index contributed by atoms with van der Waals surface area (Å²) in [5.74, 6) is -0.278. The highest BCUT2D eigenvalue weighted by Crippen LogP contribution is 2.28. The van der Waals surface area contributed by atoms with E-state index in [9.17, 15) is 4.79 Å². The van der Waals surface area contributed by atoms with Crippen LogP contribution < -0.4 is 16.4 Å². The molecule has 0 unspecified atom stereocenters. The molecule has 0 saturated heterocycles. The van der Waals surface area contributed by atoms with Crippen LogP contribution in [0.4, 0.5) is 5.69 Å². The molecule has 1 aromatic rings. The maximum absolute atomic E-state index is 11.3. The number of benzene rings is 1. The van der Waals surface area contributed by atoms with Gasteiger partial charge in [0, 0.05) is 18.3 Å². The molecule has 0 radical (unpaired) electrons. The minimum Gasteiger partial charge on any atom is -0.368 e. The van der Waals surface area contributed by atoms with E-state index in [4.69, 9.17) is 11.5 Å². The van der Waals surface area contributed by atoms with E-state index in [0.717, 1.165) is 24.1 Å². The molecule has 0 heterocycles. The van der Waals surface area contributed by atoms with Gasteiger partial charge in [0.25, 0.3) is 0 Å². The van der Waals surface area contributed by atoms with Crippen LogP contribution in [0.1, 0.15) is 31.2 Å². The monoisotopic (exact) mass is 247 g/mol. The van der Waals surface area contributed by atoms with Gasteiger partial charge in [0.2, 0.25) is 5.91 Å². The van der Waals surface area contributed by atoms with Gasteiger partial charge < -0.3 is 16.4 Å². The lowest BCUT2D eigenvalue weighted by molar-refractivity contribution is -0.116. The number of rotatable bonds is 5. The van der Waals surface area contributed by atoms with Crippen LogP contribution in [0, 0.1) is 0 Å². The standard InChI is InChI=1S/C14H21N3O/c15-9-11-4-3-7-13(8-11)17(10-14(16)18)12-5-1-2-6-12/h3-4,7-8,12H,1-2,5-6,9-10,15H2,(H2,16,18). The fraction of sp³-hybridized carbons (Fsp3) is 0.500. The first kappa shape index (κ1) is 12.9. The van der Waals surface area contributed by atoms with Gasteiger partial charge in [-0.25, -0.2) is 0 Å². The molecule has 1 saturated carbocycles. The van der Waals surface area contributed by atoms with Gasteiger partial charge in [0.15, 0.2) is 0 Å². The normalized spacial score (nSPS) is 15.8. The average Bonchev–Trinajstić information content (AvgIpc) is 2.89. The lowest BCUT2D eigenvalue weighted by Gasteiger charge is -2.30. The van der Waals surface area contributed by atoms with E-state index < -0.39 is 0 Å². The van der Waals surface area contributed by atoms with Gasteiger partial charge in [-0.1, -0.05) is 25.0 Å². The maximum atomic E-state index is 11.3. The number of nitrogens with zero attached hydrogens (tertiary/aromatic N) is 1. The zero-order chi connectivity index (χ0) is 13.0. The zero-order valence-electron chi connectivity index (χ0n) is 10.6. The first-order chi connectivity index (χ1) is 8.70. The number of carbonyl (C=O) groups is 1. The second kappa shape index (κ2) is 5.87. The molecule has 1 amide bonds. The Labute approximate surface area is 108 Å². The molecular formula is C14H21N3O. The molecule has 1 aliphatic carbocycles. The second-order valence-electron chi connectivity index (χ2n) is 4.91. The molecule has 4 nitrogen and oxygen atoms in total. The molecule has 4 heteroatoms. The van der Waals surface area contributed by atoms with Crippen molar-refractivity contribution in [3.8, 4) is 0 Å². The maximum Gasteiger partial charge on any atom is 0.236 e. The summed E-state index contributed by atoms with van der Waals surface area (Å²) in [6.07, 6.45) is 4.74. The summed E-state index contributed by atoms with van der Waals surface area (Å²) < 4.78 is 0. The summed E-state index contributed by atoms with van der Waals surface area (Å²) >= 11 is 0. The molecule has 0 aromatic heterocycles. The van der Waals surface area contributed by atoms with Crippen molar-refractivity contribution in [2.75, 3.05) is 11.4 Å². The molecular weight excluding hydrogens is 226 g/mol. The first-order valence-electron chi connectivity index (χ1n) is 6.54. The molecule has 98 valence electrons. The lowest BCUT2D eigenvalue weighted by Crippen LogP contribution is -2.40. The Morgan fingerprint density at radius 2 is 2.06 bits per heavy atom. The molecule has 2 rings (SSSR count). The molecule has 1 aromatic carbocycles. The number of nitrogens with two attached hydrogens (primary N) is 2. The SMILES string of the molecule is NCc1cccc(N(CC(N)=O)C2CCCC2)c1. The highest BCUT2D eigenvalue weighted by Gasteiger charge is 2.24. The Morgan fingerprint density at radius 1 is 1.33 bits per heavy atom. The Bertz CT molecular complexity index is 413. The van der Waals surface area contributed by atoms with Crippen LogP contribution in [0.15, 0.2) is 24.3 Å². The smallest absolute Gasteiger partial charge is 0.236 e. The molecule has 1 aliphatic rings. The van der Waals surface area contributed by atoms with E-state index in [1.54, 1.807) is 0 Å². The summed E-state index contributed by atoms with van der Waals surface area (Å²) in [5, 5.41) is 0. The predicted octanol–water partition coefficient (Wildman–Crippen LogP) is 1.38. The molecule has 0 atom stereocenters. The van der Waals surface area contributed by atoms with Crippen LogP contribution in [-0.4, -0.2) is 18.5 Å². The van der Waals surface area contributed by atoms with Gasteiger partial charge in [-0.3, -0.25) is 4.79 Å². The minimum absolute atomic E-state index is 0.278. The van der Waals surface area contributed by atoms with E-state index in [0.29, 0.717) is 19.1 Å². The van der Waals surface area contributed by atoms with Crippen LogP contribution in [0.2, 0.25) is 0 Å². The van der Waals surface area contributed by atoms with E-state index in [2.05, 4.69) is 11.0 Å². The van der Waals surface area contributed by atoms with Gasteiger partial charge in [-0.05, 0) is 30.5 Å². The molecule has 1 fully saturated rings. The van der Waals surface area contributed by atoms with Gasteiger partial charge in [-0.15, -0.1) is 0 Å². The number of primary amides is 1. The Morgan fingerprint density at radius 3 is 2.67 bits per heavy atom. The third kappa shape index (κ3) is 3.01. The van der Waals surface area contributed by atoms with Crippen molar-refractivity contribution in [2.24, 2.45) is 11.5 Å². The summed E-state index contributed by atoms with van der Waals surface area (Å²) in [6.45, 7) is 0.807. The Kier molecular flexibility index (Phi) is 4.20. The summed E-state index contributed by atoms with van der Waals surface area (Å²) in [5.41, 5.74) is 13.2. The molecule has 0 bridgehead atoms. The highest BCUT2D eigenvalue weighted by molar-refractivity contribution is 5.79. The first-order valence-corrected chi connectivity index (χ1v) is 6.54. The van der Waals surface area contributed by atoms with Gasteiger partial charge >= 0.3 is 0 Å². The zero-order valence-corrected chi connectivity index (χ0v) is 10.6. The number of hydrogen-bond donors (Lipinski definition) is 2. The largest absolute Gasteiger partial charge is 0.368 e. The lowest BCUT2D eigenvalue weighted by atomic mass is 10.1. The minimum atomic E-state index is -0.278. The van der Waals surface area contributed by atoms with Crippen molar-refractivity contribution in [2.45, 2.75) is 38.3 Å². The number of anilines is 1. The number of carbonyl (C=O) groups excluding carboxylic acids is 1. The van der Waals surface area contributed by atoms with Gasteiger partial charge in [-0.2, -0.15) is 0 Å². The van der Waals surface area contributed by atoms with E-state index in [1.165, 1.54) is 12.8 Å². The second-order valence-corrected chi connectivity index (χ2v) is 4.91. The average molecular weight is 247 g/mol. The summed E-state index contributed by atoms with van der Waals surface area (Å²) in [6, 6.07) is 8.51. The molecule has 0 spiro atoms. The highest BCUT2D eigenvalue weighted by atomic mass is 16.1. The third-order valence-corrected chi connectivity index (χ3v) is 3.57. The van der Waals surface area contributed by atoms with Crippen LogP contribution in [0.3, 0.4) is 0 Å². The molecule has 18 heavy (non-hydrogen) atoms. The predicted molar refractivity (Wildman–Crippen MR) is 73.1 cm³/mol. The Hall–Kier alpha value is -1.55. The fourth-order valence-corrected chi connectivity index (χ4v) is 2.68. The summed E-state index contributed by atoms with van der Waals surface area (Å²) in [7, 11) is 0. The topological polar surface area (TPSA) is 72.3 Å². The van der Waals surface area contributed by atoms with Crippen molar-refractivity contribution in [3.05, 3.63) is 29.8 Å². The van der Waals surface area contributed by atoms with E-state index >= 15 is 0 Å². The van der Waals surface area contributed by atoms with Crippen molar-refractivity contribution in [1.29, 1.82) is 0 Å². The quantitative estimate of drug-likeness (QED) is 0.825. The van der Waals surface area contributed by atoms with E-state index in [1.807, 2.05) is 18.2 Å². The van der Waals surface area contributed by atoms with Crippen molar-refractivity contribution >= 4 is 11.6 Å². The fourth-order valence-electron chi connectivity index (χ4n) is 2.68. The van der Waals surface area contributed by atoms with Gasteiger partial charge in [0.05, 0.1) is 6.54 Å². The van der Waals surface area contributed by atoms with E-state index in [-0.39, 0.29) is 5.91 Å². The molecule has 4 N–H and O–H groups in total. The van der Waals surface area contributed by atoms with Crippen LogP contribution >= 0.6 is 0 Å². The number of hydrogen-bond acceptors (Lipinski definition) is 3. The van der Waals surface area contributed by atoms with Crippen LogP contribution in [0.5, 0.6) is 0 Å².